The highest BCUT2D eigenvalue weighted by Crippen LogP contribution is 2.26. The molecule has 1 nitrogen and oxygen atoms in total. The molecule has 0 spiro atoms. The molecule has 1 unspecified atom stereocenters. The summed E-state index contributed by atoms with van der Waals surface area (Å²) in [6, 6.07) is 22.8. The average molecular weight is 321 g/mol. The van der Waals surface area contributed by atoms with Gasteiger partial charge in [-0.1, -0.05) is 67.6 Å². The molecule has 0 saturated heterocycles. The van der Waals surface area contributed by atoms with E-state index in [1.165, 1.54) is 16.7 Å². The number of aryl methyl sites for hydroxylation is 1. The standard InChI is InChI=1S/C18H15N.C4H9F/c1-14-12-18(16-10-6-3-7-11-16)19-13-17(14)15-8-4-2-5-9-15;1-3-4(2)5/h2-13H,1H3;4H,3H2,1-2H3. The highest BCUT2D eigenvalue weighted by molar-refractivity contribution is 5.70. The Morgan fingerprint density at radius 1 is 0.917 bits per heavy atom. The van der Waals surface area contributed by atoms with Gasteiger partial charge in [-0.2, -0.15) is 0 Å². The molecule has 0 amide bonds. The first-order chi connectivity index (χ1) is 11.6. The summed E-state index contributed by atoms with van der Waals surface area (Å²) in [5, 5.41) is 0. The lowest BCUT2D eigenvalue weighted by Crippen LogP contribution is -1.89. The summed E-state index contributed by atoms with van der Waals surface area (Å²) in [5.74, 6) is 0. The SMILES string of the molecule is CCC(C)F.Cc1cc(-c2ccccc2)ncc1-c1ccccc1. The van der Waals surface area contributed by atoms with E-state index < -0.39 is 6.17 Å². The van der Waals surface area contributed by atoms with E-state index in [0.29, 0.717) is 6.42 Å². The lowest BCUT2D eigenvalue weighted by atomic mass is 10.0. The molecule has 24 heavy (non-hydrogen) atoms. The molecule has 1 heterocycles. The van der Waals surface area contributed by atoms with Crippen molar-refractivity contribution in [2.24, 2.45) is 0 Å². The maximum absolute atomic E-state index is 11.4. The highest BCUT2D eigenvalue weighted by Gasteiger charge is 2.05. The lowest BCUT2D eigenvalue weighted by Gasteiger charge is -2.08. The molecule has 0 fully saturated rings. The van der Waals surface area contributed by atoms with E-state index in [0.717, 1.165) is 11.3 Å². The van der Waals surface area contributed by atoms with Crippen LogP contribution in [0.2, 0.25) is 0 Å². The van der Waals surface area contributed by atoms with Gasteiger partial charge >= 0.3 is 0 Å². The summed E-state index contributed by atoms with van der Waals surface area (Å²) < 4.78 is 11.4. The molecule has 0 aliphatic carbocycles. The Hall–Kier alpha value is -2.48. The Morgan fingerprint density at radius 2 is 1.42 bits per heavy atom. The maximum Gasteiger partial charge on any atom is 0.0971 e. The Morgan fingerprint density at radius 3 is 1.88 bits per heavy atom. The maximum atomic E-state index is 11.4. The first-order valence-electron chi connectivity index (χ1n) is 8.33. The van der Waals surface area contributed by atoms with Gasteiger partial charge in [-0.25, -0.2) is 4.39 Å². The van der Waals surface area contributed by atoms with Gasteiger partial charge < -0.3 is 0 Å². The van der Waals surface area contributed by atoms with Crippen LogP contribution < -0.4 is 0 Å². The number of hydrogen-bond donors (Lipinski definition) is 0. The van der Waals surface area contributed by atoms with Gasteiger partial charge in [0.15, 0.2) is 0 Å². The fourth-order valence-corrected chi connectivity index (χ4v) is 2.24. The number of hydrogen-bond acceptors (Lipinski definition) is 1. The van der Waals surface area contributed by atoms with E-state index >= 15 is 0 Å². The van der Waals surface area contributed by atoms with Crippen LogP contribution in [-0.2, 0) is 0 Å². The minimum absolute atomic E-state index is 0.616. The molecule has 3 rings (SSSR count). The molecule has 3 aromatic rings. The van der Waals surface area contributed by atoms with Gasteiger partial charge in [0.2, 0.25) is 0 Å². The molecule has 2 aromatic carbocycles. The monoisotopic (exact) mass is 321 g/mol. The minimum Gasteiger partial charge on any atom is -0.256 e. The molecule has 0 radical (unpaired) electrons. The zero-order valence-electron chi connectivity index (χ0n) is 14.5. The van der Waals surface area contributed by atoms with Crippen molar-refractivity contribution in [2.75, 3.05) is 0 Å². The zero-order chi connectivity index (χ0) is 17.4. The van der Waals surface area contributed by atoms with Crippen molar-refractivity contribution in [3.8, 4) is 22.4 Å². The third-order valence-electron chi connectivity index (χ3n) is 3.83. The van der Waals surface area contributed by atoms with E-state index in [-0.39, 0.29) is 0 Å². The van der Waals surface area contributed by atoms with E-state index in [9.17, 15) is 4.39 Å². The quantitative estimate of drug-likeness (QED) is 0.538. The summed E-state index contributed by atoms with van der Waals surface area (Å²) in [4.78, 5) is 4.59. The van der Waals surface area contributed by atoms with Crippen LogP contribution >= 0.6 is 0 Å². The van der Waals surface area contributed by atoms with Crippen molar-refractivity contribution in [3.05, 3.63) is 78.5 Å². The Labute approximate surface area is 144 Å². The third-order valence-corrected chi connectivity index (χ3v) is 3.83. The highest BCUT2D eigenvalue weighted by atomic mass is 19.1. The molecule has 124 valence electrons. The van der Waals surface area contributed by atoms with Gasteiger partial charge in [0.05, 0.1) is 11.9 Å². The van der Waals surface area contributed by atoms with Crippen LogP contribution in [0, 0.1) is 6.92 Å². The number of alkyl halides is 1. The zero-order valence-corrected chi connectivity index (χ0v) is 14.5. The fraction of sp³-hybridized carbons (Fsp3) is 0.227. The van der Waals surface area contributed by atoms with Crippen molar-refractivity contribution in [1.29, 1.82) is 0 Å². The predicted molar refractivity (Wildman–Crippen MR) is 101 cm³/mol. The van der Waals surface area contributed by atoms with Crippen molar-refractivity contribution < 1.29 is 4.39 Å². The van der Waals surface area contributed by atoms with Gasteiger partial charge in [-0.15, -0.1) is 0 Å². The van der Waals surface area contributed by atoms with Crippen LogP contribution in [0.15, 0.2) is 72.9 Å². The summed E-state index contributed by atoms with van der Waals surface area (Å²) in [7, 11) is 0. The number of benzene rings is 2. The normalized spacial score (nSPS) is 11.3. The topological polar surface area (TPSA) is 12.9 Å². The van der Waals surface area contributed by atoms with Gasteiger partial charge in [0.1, 0.15) is 0 Å². The molecule has 0 bridgehead atoms. The van der Waals surface area contributed by atoms with Crippen LogP contribution in [-0.4, -0.2) is 11.2 Å². The summed E-state index contributed by atoms with van der Waals surface area (Å²) in [6.45, 7) is 5.52. The smallest absolute Gasteiger partial charge is 0.0971 e. The fourth-order valence-electron chi connectivity index (χ4n) is 2.24. The Bertz CT molecular complexity index is 736. The molecule has 1 atom stereocenters. The van der Waals surface area contributed by atoms with Crippen molar-refractivity contribution >= 4 is 0 Å². The first kappa shape index (κ1) is 17.9. The summed E-state index contributed by atoms with van der Waals surface area (Å²) in [6.07, 6.45) is 1.99. The van der Waals surface area contributed by atoms with Crippen molar-refractivity contribution in [3.63, 3.8) is 0 Å². The van der Waals surface area contributed by atoms with E-state index in [2.05, 4.69) is 54.4 Å². The number of rotatable bonds is 3. The van der Waals surface area contributed by atoms with Crippen molar-refractivity contribution in [2.45, 2.75) is 33.4 Å². The average Bonchev–Trinajstić information content (AvgIpc) is 2.63. The van der Waals surface area contributed by atoms with E-state index in [4.69, 9.17) is 0 Å². The number of nitrogens with zero attached hydrogens (tertiary/aromatic N) is 1. The first-order valence-corrected chi connectivity index (χ1v) is 8.33. The van der Waals surface area contributed by atoms with Crippen LogP contribution in [0.25, 0.3) is 22.4 Å². The van der Waals surface area contributed by atoms with Crippen LogP contribution in [0.4, 0.5) is 4.39 Å². The Balaban J connectivity index is 0.000000368. The largest absolute Gasteiger partial charge is 0.256 e. The van der Waals surface area contributed by atoms with Gasteiger partial charge in [-0.3, -0.25) is 4.98 Å². The molecule has 0 N–H and O–H groups in total. The second-order valence-electron chi connectivity index (χ2n) is 5.81. The number of aromatic nitrogens is 1. The number of pyridine rings is 1. The van der Waals surface area contributed by atoms with Crippen LogP contribution in [0.5, 0.6) is 0 Å². The third kappa shape index (κ3) is 5.02. The molecular weight excluding hydrogens is 297 g/mol. The van der Waals surface area contributed by atoms with Gasteiger partial charge in [-0.05, 0) is 37.5 Å². The van der Waals surface area contributed by atoms with E-state index in [1.807, 2.05) is 37.4 Å². The van der Waals surface area contributed by atoms with E-state index in [1.54, 1.807) is 6.92 Å². The number of halogens is 1. The van der Waals surface area contributed by atoms with Crippen LogP contribution in [0.1, 0.15) is 25.8 Å². The predicted octanol–water partition coefficient (Wildman–Crippen LogP) is 6.48. The molecule has 0 aliphatic heterocycles. The minimum atomic E-state index is -0.616. The lowest BCUT2D eigenvalue weighted by molar-refractivity contribution is 0.352. The van der Waals surface area contributed by atoms with Gasteiger partial charge in [0.25, 0.3) is 0 Å². The van der Waals surface area contributed by atoms with Crippen molar-refractivity contribution in [1.82, 2.24) is 4.98 Å². The molecule has 1 aromatic heterocycles. The Kier molecular flexibility index (Phi) is 6.68. The molecule has 0 saturated carbocycles. The van der Waals surface area contributed by atoms with Crippen LogP contribution in [0.3, 0.4) is 0 Å². The molecular formula is C22H24FN. The molecule has 2 heteroatoms. The summed E-state index contributed by atoms with van der Waals surface area (Å²) >= 11 is 0. The van der Waals surface area contributed by atoms with Gasteiger partial charge in [0, 0.05) is 17.3 Å². The second kappa shape index (κ2) is 8.97. The second-order valence-corrected chi connectivity index (χ2v) is 5.81. The summed E-state index contributed by atoms with van der Waals surface area (Å²) in [5.41, 5.74) is 5.84. The molecule has 0 aliphatic rings.